The van der Waals surface area contributed by atoms with Crippen LogP contribution in [0.4, 0.5) is 6.01 Å². The minimum Gasteiger partial charge on any atom is -0.407 e. The highest BCUT2D eigenvalue weighted by Gasteiger charge is 2.22. The van der Waals surface area contributed by atoms with Gasteiger partial charge < -0.3 is 9.32 Å². The van der Waals surface area contributed by atoms with Crippen molar-refractivity contribution in [2.45, 2.75) is 32.1 Å². The Labute approximate surface area is 94.6 Å². The molecule has 0 N–H and O–H groups in total. The van der Waals surface area contributed by atoms with E-state index in [0.717, 1.165) is 19.0 Å². The number of halogens is 1. The topological polar surface area (TPSA) is 42.2 Å². The SMILES string of the molecule is CCC1CCCN(c2nnc(CCl)o2)C1. The van der Waals surface area contributed by atoms with Gasteiger partial charge in [-0.3, -0.25) is 0 Å². The van der Waals surface area contributed by atoms with Gasteiger partial charge >= 0.3 is 6.01 Å². The molecule has 1 unspecified atom stereocenters. The molecule has 5 heteroatoms. The fourth-order valence-electron chi connectivity index (χ4n) is 2.00. The summed E-state index contributed by atoms with van der Waals surface area (Å²) < 4.78 is 5.44. The maximum absolute atomic E-state index is 5.62. The van der Waals surface area contributed by atoms with E-state index in [-0.39, 0.29) is 5.88 Å². The lowest BCUT2D eigenvalue weighted by atomic mass is 9.96. The predicted molar refractivity (Wildman–Crippen MR) is 59.1 cm³/mol. The van der Waals surface area contributed by atoms with Gasteiger partial charge in [0, 0.05) is 13.1 Å². The summed E-state index contributed by atoms with van der Waals surface area (Å²) in [5, 5.41) is 7.87. The first-order valence-corrected chi connectivity index (χ1v) is 6.00. The van der Waals surface area contributed by atoms with Crippen LogP contribution < -0.4 is 4.90 Å². The zero-order valence-electron chi connectivity index (χ0n) is 8.95. The van der Waals surface area contributed by atoms with Crippen LogP contribution in [-0.4, -0.2) is 23.3 Å². The van der Waals surface area contributed by atoms with Gasteiger partial charge in [0.2, 0.25) is 5.89 Å². The molecule has 0 saturated carbocycles. The van der Waals surface area contributed by atoms with E-state index >= 15 is 0 Å². The maximum atomic E-state index is 5.62. The van der Waals surface area contributed by atoms with Crippen molar-refractivity contribution < 1.29 is 4.42 Å². The summed E-state index contributed by atoms with van der Waals surface area (Å²) in [4.78, 5) is 2.17. The lowest BCUT2D eigenvalue weighted by Crippen LogP contribution is -2.35. The van der Waals surface area contributed by atoms with E-state index in [2.05, 4.69) is 22.0 Å². The normalized spacial score (nSPS) is 22.0. The molecule has 4 nitrogen and oxygen atoms in total. The van der Waals surface area contributed by atoms with Crippen LogP contribution in [0, 0.1) is 5.92 Å². The van der Waals surface area contributed by atoms with Gasteiger partial charge in [0.1, 0.15) is 5.88 Å². The van der Waals surface area contributed by atoms with Crippen LogP contribution in [0.3, 0.4) is 0 Å². The smallest absolute Gasteiger partial charge is 0.318 e. The number of rotatable bonds is 3. The summed E-state index contributed by atoms with van der Waals surface area (Å²) in [6.45, 7) is 4.27. The second-order valence-corrected chi connectivity index (χ2v) is 4.24. The number of hydrogen-bond acceptors (Lipinski definition) is 4. The van der Waals surface area contributed by atoms with Gasteiger partial charge in [-0.1, -0.05) is 18.4 Å². The Morgan fingerprint density at radius 1 is 1.53 bits per heavy atom. The third kappa shape index (κ3) is 2.43. The molecule has 0 aromatic carbocycles. The van der Waals surface area contributed by atoms with E-state index in [4.69, 9.17) is 16.0 Å². The van der Waals surface area contributed by atoms with Gasteiger partial charge in [-0.15, -0.1) is 16.7 Å². The molecule has 0 radical (unpaired) electrons. The largest absolute Gasteiger partial charge is 0.407 e. The maximum Gasteiger partial charge on any atom is 0.318 e. The Morgan fingerprint density at radius 3 is 3.07 bits per heavy atom. The molecule has 1 aliphatic rings. The van der Waals surface area contributed by atoms with Crippen molar-refractivity contribution in [1.82, 2.24) is 10.2 Å². The quantitative estimate of drug-likeness (QED) is 0.747. The van der Waals surface area contributed by atoms with Crippen LogP contribution in [0.5, 0.6) is 0 Å². The molecule has 0 amide bonds. The summed E-state index contributed by atoms with van der Waals surface area (Å²) in [6.07, 6.45) is 3.73. The Balaban J connectivity index is 2.03. The fourth-order valence-corrected chi connectivity index (χ4v) is 2.11. The highest BCUT2D eigenvalue weighted by molar-refractivity contribution is 6.16. The van der Waals surface area contributed by atoms with Crippen LogP contribution in [0.25, 0.3) is 0 Å². The second kappa shape index (κ2) is 4.84. The fraction of sp³-hybridized carbons (Fsp3) is 0.800. The van der Waals surface area contributed by atoms with Crippen LogP contribution in [0.1, 0.15) is 32.1 Å². The number of piperidine rings is 1. The van der Waals surface area contributed by atoms with Crippen LogP contribution in [0.15, 0.2) is 4.42 Å². The summed E-state index contributed by atoms with van der Waals surface area (Å²) in [6, 6.07) is 0.629. The molecule has 0 aliphatic carbocycles. The molecule has 1 saturated heterocycles. The van der Waals surface area contributed by atoms with Crippen molar-refractivity contribution in [2.24, 2.45) is 5.92 Å². The molecule has 0 spiro atoms. The van der Waals surface area contributed by atoms with E-state index in [0.29, 0.717) is 11.9 Å². The van der Waals surface area contributed by atoms with Gasteiger partial charge in [0.25, 0.3) is 0 Å². The Hall–Kier alpha value is -0.770. The lowest BCUT2D eigenvalue weighted by molar-refractivity contribution is 0.381. The molecule has 1 aliphatic heterocycles. The van der Waals surface area contributed by atoms with Gasteiger partial charge in [-0.25, -0.2) is 0 Å². The van der Waals surface area contributed by atoms with Gasteiger partial charge in [0.05, 0.1) is 0 Å². The van der Waals surface area contributed by atoms with Crippen molar-refractivity contribution in [3.63, 3.8) is 0 Å². The van der Waals surface area contributed by atoms with Crippen LogP contribution in [-0.2, 0) is 5.88 Å². The zero-order chi connectivity index (χ0) is 10.7. The molecule has 84 valence electrons. The first kappa shape index (κ1) is 10.7. The highest BCUT2D eigenvalue weighted by Crippen LogP contribution is 2.23. The first-order chi connectivity index (χ1) is 7.33. The minimum absolute atomic E-state index is 0.290. The molecule has 1 aromatic heterocycles. The standard InChI is InChI=1S/C10H16ClN3O/c1-2-8-4-3-5-14(7-8)10-13-12-9(6-11)15-10/h8H,2-7H2,1H3. The molecule has 1 atom stereocenters. The van der Waals surface area contributed by atoms with E-state index in [1.165, 1.54) is 19.3 Å². The summed E-state index contributed by atoms with van der Waals surface area (Å²) >= 11 is 5.62. The lowest BCUT2D eigenvalue weighted by Gasteiger charge is -2.30. The number of anilines is 1. The Morgan fingerprint density at radius 2 is 2.40 bits per heavy atom. The van der Waals surface area contributed by atoms with E-state index in [9.17, 15) is 0 Å². The Kier molecular flexibility index (Phi) is 3.46. The predicted octanol–water partition coefficient (Wildman–Crippen LogP) is 2.43. The molecule has 1 fully saturated rings. The molecule has 15 heavy (non-hydrogen) atoms. The zero-order valence-corrected chi connectivity index (χ0v) is 9.70. The van der Waals surface area contributed by atoms with E-state index in [1.807, 2.05) is 0 Å². The third-order valence-corrected chi connectivity index (χ3v) is 3.17. The molecule has 2 rings (SSSR count). The third-order valence-electron chi connectivity index (χ3n) is 2.94. The highest BCUT2D eigenvalue weighted by atomic mass is 35.5. The summed E-state index contributed by atoms with van der Waals surface area (Å²) in [5.41, 5.74) is 0. The van der Waals surface area contributed by atoms with Gasteiger partial charge in [0.15, 0.2) is 0 Å². The van der Waals surface area contributed by atoms with Gasteiger partial charge in [-0.2, -0.15) is 0 Å². The number of alkyl halides is 1. The molecular weight excluding hydrogens is 214 g/mol. The van der Waals surface area contributed by atoms with Crippen LogP contribution in [0.2, 0.25) is 0 Å². The average Bonchev–Trinajstić information content (AvgIpc) is 2.78. The number of nitrogens with zero attached hydrogens (tertiary/aromatic N) is 3. The van der Waals surface area contributed by atoms with E-state index < -0.39 is 0 Å². The number of aromatic nitrogens is 2. The van der Waals surface area contributed by atoms with Crippen molar-refractivity contribution in [1.29, 1.82) is 0 Å². The number of hydrogen-bond donors (Lipinski definition) is 0. The summed E-state index contributed by atoms with van der Waals surface area (Å²) in [7, 11) is 0. The van der Waals surface area contributed by atoms with E-state index in [1.54, 1.807) is 0 Å². The summed E-state index contributed by atoms with van der Waals surface area (Å²) in [5.74, 6) is 1.55. The van der Waals surface area contributed by atoms with Crippen LogP contribution >= 0.6 is 11.6 Å². The van der Waals surface area contributed by atoms with Crippen molar-refractivity contribution >= 4 is 17.6 Å². The van der Waals surface area contributed by atoms with Crippen molar-refractivity contribution in [2.75, 3.05) is 18.0 Å². The Bertz CT molecular complexity index is 315. The average molecular weight is 230 g/mol. The van der Waals surface area contributed by atoms with Crippen molar-refractivity contribution in [3.8, 4) is 0 Å². The first-order valence-electron chi connectivity index (χ1n) is 5.46. The monoisotopic (exact) mass is 229 g/mol. The minimum atomic E-state index is 0.290. The molecule has 2 heterocycles. The second-order valence-electron chi connectivity index (χ2n) is 3.97. The molecule has 1 aromatic rings. The molecular formula is C10H16ClN3O. The van der Waals surface area contributed by atoms with Gasteiger partial charge in [-0.05, 0) is 18.8 Å². The molecule has 0 bridgehead atoms. The van der Waals surface area contributed by atoms with Crippen molar-refractivity contribution in [3.05, 3.63) is 5.89 Å².